The van der Waals surface area contributed by atoms with Gasteiger partial charge >= 0.3 is 0 Å². The average Bonchev–Trinajstić information content (AvgIpc) is 2.54. The minimum Gasteiger partial charge on any atom is -0.377 e. The number of benzene rings is 1. The molecule has 21 heavy (non-hydrogen) atoms. The van der Waals surface area contributed by atoms with E-state index in [1.165, 1.54) is 0 Å². The van der Waals surface area contributed by atoms with E-state index in [2.05, 4.69) is 26.3 Å². The van der Waals surface area contributed by atoms with E-state index in [4.69, 9.17) is 4.74 Å². The van der Waals surface area contributed by atoms with Crippen molar-refractivity contribution in [3.05, 3.63) is 48.5 Å². The van der Waals surface area contributed by atoms with Crippen molar-refractivity contribution in [1.29, 1.82) is 0 Å². The van der Waals surface area contributed by atoms with Crippen LogP contribution in [0.25, 0.3) is 22.0 Å². The molecule has 1 aromatic carbocycles. The molecule has 5 heteroatoms. The molecule has 2 aromatic heterocycles. The summed E-state index contributed by atoms with van der Waals surface area (Å²) in [6, 6.07) is 10.1. The van der Waals surface area contributed by atoms with Gasteiger partial charge in [0.05, 0.1) is 5.69 Å². The number of nitrogens with zero attached hydrogens (tertiary/aromatic N) is 3. The second kappa shape index (κ2) is 5.85. The van der Waals surface area contributed by atoms with Crippen LogP contribution in [-0.2, 0) is 11.3 Å². The third-order valence-corrected chi connectivity index (χ3v) is 3.26. The van der Waals surface area contributed by atoms with Crippen molar-refractivity contribution in [3.8, 4) is 11.3 Å². The molecule has 0 saturated heterocycles. The molecule has 0 atom stereocenters. The maximum atomic E-state index is 5.14. The number of fused-ring (bicyclic) bond motifs is 1. The van der Waals surface area contributed by atoms with Crippen LogP contribution in [0.15, 0.2) is 42.7 Å². The van der Waals surface area contributed by atoms with E-state index in [0.717, 1.165) is 27.8 Å². The molecule has 0 saturated carbocycles. The summed E-state index contributed by atoms with van der Waals surface area (Å²) in [6.45, 7) is 0.380. The highest BCUT2D eigenvalue weighted by molar-refractivity contribution is 5.95. The molecule has 0 aliphatic carbocycles. The Kier molecular flexibility index (Phi) is 3.75. The van der Waals surface area contributed by atoms with E-state index >= 15 is 0 Å². The van der Waals surface area contributed by atoms with Gasteiger partial charge in [-0.2, -0.15) is 0 Å². The van der Waals surface area contributed by atoms with E-state index in [-0.39, 0.29) is 0 Å². The van der Waals surface area contributed by atoms with Gasteiger partial charge in [0.2, 0.25) is 0 Å². The number of hydrogen-bond acceptors (Lipinski definition) is 5. The highest BCUT2D eigenvalue weighted by Crippen LogP contribution is 2.27. The number of pyridine rings is 1. The highest BCUT2D eigenvalue weighted by atomic mass is 16.5. The first kappa shape index (κ1) is 13.5. The summed E-state index contributed by atoms with van der Waals surface area (Å²) in [5.74, 6) is 1.42. The first-order valence-electron chi connectivity index (χ1n) is 6.69. The third kappa shape index (κ3) is 2.68. The number of ether oxygens (including phenoxy) is 1. The molecular formula is C16H16N4O. The topological polar surface area (TPSA) is 59.9 Å². The van der Waals surface area contributed by atoms with Crippen LogP contribution in [-0.4, -0.2) is 29.1 Å². The summed E-state index contributed by atoms with van der Waals surface area (Å²) < 4.78 is 5.14. The highest BCUT2D eigenvalue weighted by Gasteiger charge is 2.09. The lowest BCUT2D eigenvalue weighted by Gasteiger charge is -2.09. The Balaban J connectivity index is 2.20. The molecule has 3 rings (SSSR count). The van der Waals surface area contributed by atoms with Crippen molar-refractivity contribution in [2.45, 2.75) is 6.61 Å². The number of hydrogen-bond donors (Lipinski definition) is 1. The number of aromatic nitrogens is 3. The quantitative estimate of drug-likeness (QED) is 0.796. The van der Waals surface area contributed by atoms with Crippen LogP contribution in [0.5, 0.6) is 0 Å². The monoisotopic (exact) mass is 280 g/mol. The molecule has 2 heterocycles. The fraction of sp³-hybridized carbons (Fsp3) is 0.188. The van der Waals surface area contributed by atoms with Gasteiger partial charge in [0.25, 0.3) is 0 Å². The second-order valence-corrected chi connectivity index (χ2v) is 4.64. The Bertz CT molecular complexity index is 768. The van der Waals surface area contributed by atoms with E-state index in [9.17, 15) is 0 Å². The third-order valence-electron chi connectivity index (χ3n) is 3.26. The number of anilines is 1. The van der Waals surface area contributed by atoms with Crippen molar-refractivity contribution >= 4 is 16.6 Å². The van der Waals surface area contributed by atoms with Crippen LogP contribution in [0.3, 0.4) is 0 Å². The van der Waals surface area contributed by atoms with Crippen LogP contribution in [0.4, 0.5) is 5.82 Å². The molecule has 3 aromatic rings. The molecule has 0 amide bonds. The van der Waals surface area contributed by atoms with Gasteiger partial charge in [-0.25, -0.2) is 9.97 Å². The zero-order valence-electron chi connectivity index (χ0n) is 12.0. The van der Waals surface area contributed by atoms with E-state index in [0.29, 0.717) is 12.4 Å². The molecular weight excluding hydrogens is 264 g/mol. The van der Waals surface area contributed by atoms with Crippen LogP contribution < -0.4 is 5.32 Å². The van der Waals surface area contributed by atoms with Gasteiger partial charge in [-0.3, -0.25) is 4.98 Å². The van der Waals surface area contributed by atoms with Crippen LogP contribution in [0.2, 0.25) is 0 Å². The first-order valence-corrected chi connectivity index (χ1v) is 6.69. The van der Waals surface area contributed by atoms with Gasteiger partial charge in [-0.15, -0.1) is 0 Å². The second-order valence-electron chi connectivity index (χ2n) is 4.64. The Hall–Kier alpha value is -2.53. The van der Waals surface area contributed by atoms with Crippen molar-refractivity contribution < 1.29 is 4.74 Å². The maximum absolute atomic E-state index is 5.14. The molecule has 0 unspecified atom stereocenters. The lowest BCUT2D eigenvalue weighted by Crippen LogP contribution is -2.03. The van der Waals surface area contributed by atoms with Crippen molar-refractivity contribution in [2.24, 2.45) is 0 Å². The van der Waals surface area contributed by atoms with Crippen LogP contribution >= 0.6 is 0 Å². The summed E-state index contributed by atoms with van der Waals surface area (Å²) in [5, 5.41) is 5.27. The SMILES string of the molecule is CNc1cc(-c2cccc3ccncc23)nc(COC)n1. The minimum atomic E-state index is 0.380. The lowest BCUT2D eigenvalue weighted by molar-refractivity contribution is 0.178. The predicted octanol–water partition coefficient (Wildman–Crippen LogP) is 2.88. The molecule has 0 radical (unpaired) electrons. The molecule has 0 bridgehead atoms. The van der Waals surface area contributed by atoms with Gasteiger partial charge < -0.3 is 10.1 Å². The van der Waals surface area contributed by atoms with E-state index in [1.54, 1.807) is 13.3 Å². The van der Waals surface area contributed by atoms with Gasteiger partial charge in [0, 0.05) is 43.6 Å². The molecule has 0 spiro atoms. The average molecular weight is 280 g/mol. The summed E-state index contributed by atoms with van der Waals surface area (Å²) in [7, 11) is 3.48. The normalized spacial score (nSPS) is 10.8. The number of rotatable bonds is 4. The van der Waals surface area contributed by atoms with Crippen LogP contribution in [0.1, 0.15) is 5.82 Å². The summed E-state index contributed by atoms with van der Waals surface area (Å²) >= 11 is 0. The van der Waals surface area contributed by atoms with Crippen molar-refractivity contribution in [3.63, 3.8) is 0 Å². The summed E-state index contributed by atoms with van der Waals surface area (Å²) in [5.41, 5.74) is 1.90. The fourth-order valence-corrected chi connectivity index (χ4v) is 2.29. The smallest absolute Gasteiger partial charge is 0.157 e. The standard InChI is InChI=1S/C16H16N4O/c1-17-15-8-14(19-16(20-15)10-21-2)12-5-3-4-11-6-7-18-9-13(11)12/h3-9H,10H2,1-2H3,(H,17,19,20). The lowest BCUT2D eigenvalue weighted by atomic mass is 10.0. The Morgan fingerprint density at radius 3 is 2.90 bits per heavy atom. The molecule has 106 valence electrons. The molecule has 0 aliphatic heterocycles. The van der Waals surface area contributed by atoms with Gasteiger partial charge in [-0.05, 0) is 11.5 Å². The molecule has 0 aliphatic rings. The largest absolute Gasteiger partial charge is 0.377 e. The molecule has 1 N–H and O–H groups in total. The van der Waals surface area contributed by atoms with E-state index < -0.39 is 0 Å². The Labute approximate surface area is 123 Å². The van der Waals surface area contributed by atoms with Gasteiger partial charge in [0.1, 0.15) is 12.4 Å². The van der Waals surface area contributed by atoms with Gasteiger partial charge in [-0.1, -0.05) is 18.2 Å². The zero-order chi connectivity index (χ0) is 14.7. The molecule has 0 fully saturated rings. The first-order chi connectivity index (χ1) is 10.3. The summed E-state index contributed by atoms with van der Waals surface area (Å²) in [6.07, 6.45) is 3.66. The zero-order valence-corrected chi connectivity index (χ0v) is 12.0. The Morgan fingerprint density at radius 2 is 2.10 bits per heavy atom. The van der Waals surface area contributed by atoms with E-state index in [1.807, 2.05) is 37.5 Å². The fourth-order valence-electron chi connectivity index (χ4n) is 2.29. The number of nitrogens with one attached hydrogen (secondary N) is 1. The van der Waals surface area contributed by atoms with Crippen molar-refractivity contribution in [1.82, 2.24) is 15.0 Å². The summed E-state index contributed by atoms with van der Waals surface area (Å²) in [4.78, 5) is 13.2. The predicted molar refractivity (Wildman–Crippen MR) is 83.0 cm³/mol. The van der Waals surface area contributed by atoms with Crippen molar-refractivity contribution in [2.75, 3.05) is 19.5 Å². The van der Waals surface area contributed by atoms with Crippen LogP contribution in [0, 0.1) is 0 Å². The number of methoxy groups -OCH3 is 1. The van der Waals surface area contributed by atoms with Gasteiger partial charge in [0.15, 0.2) is 5.82 Å². The Morgan fingerprint density at radius 1 is 1.19 bits per heavy atom. The molecule has 5 nitrogen and oxygen atoms in total. The minimum absolute atomic E-state index is 0.380. The maximum Gasteiger partial charge on any atom is 0.157 e.